The van der Waals surface area contributed by atoms with Gasteiger partial charge in [-0.05, 0) is 51.0 Å². The van der Waals surface area contributed by atoms with Crippen LogP contribution in [-0.4, -0.2) is 60.1 Å². The lowest BCUT2D eigenvalue weighted by Gasteiger charge is -2.42. The number of hydrogen-bond donors (Lipinski definition) is 2. The Morgan fingerprint density at radius 2 is 1.12 bits per heavy atom. The van der Waals surface area contributed by atoms with Crippen molar-refractivity contribution >= 4 is 11.8 Å². The summed E-state index contributed by atoms with van der Waals surface area (Å²) >= 11 is 0. The number of aryl methyl sites for hydroxylation is 2. The monoisotopic (exact) mass is 436 g/mol. The number of benzene rings is 2. The Bertz CT molecular complexity index is 846. The Morgan fingerprint density at radius 1 is 0.750 bits per heavy atom. The molecule has 2 N–H and O–H groups in total. The highest BCUT2D eigenvalue weighted by Crippen LogP contribution is 2.13. The summed E-state index contributed by atoms with van der Waals surface area (Å²) in [7, 11) is 0. The van der Waals surface area contributed by atoms with E-state index in [1.807, 2.05) is 62.4 Å². The fourth-order valence-electron chi connectivity index (χ4n) is 4.31. The predicted octanol–water partition coefficient (Wildman–Crippen LogP) is 3.55. The number of amides is 2. The minimum atomic E-state index is -0.0279. The number of nitrogens with zero attached hydrogens (tertiary/aromatic N) is 2. The van der Waals surface area contributed by atoms with Gasteiger partial charge in [-0.25, -0.2) is 0 Å². The normalized spacial score (nSPS) is 16.9. The third-order valence-electron chi connectivity index (χ3n) is 6.16. The number of piperazine rings is 1. The maximum atomic E-state index is 12.7. The van der Waals surface area contributed by atoms with E-state index in [2.05, 4.69) is 34.3 Å². The van der Waals surface area contributed by atoms with Crippen LogP contribution in [0.5, 0.6) is 0 Å². The van der Waals surface area contributed by atoms with Crippen molar-refractivity contribution in [1.29, 1.82) is 0 Å². The van der Waals surface area contributed by atoms with E-state index < -0.39 is 0 Å². The standard InChI is InChI=1S/C26H36N4O2/c1-5-23(27-25(31)21-11-7-9-19(3)17-21)29-13-15-30(16-14-29)24(6-2)28-26(32)22-12-8-10-20(4)18-22/h7-12,17-18,23-24H,5-6,13-16H2,1-4H3,(H,27,31)(H,28,32). The van der Waals surface area contributed by atoms with Gasteiger partial charge >= 0.3 is 0 Å². The molecule has 1 heterocycles. The summed E-state index contributed by atoms with van der Waals surface area (Å²) in [5.74, 6) is -0.0559. The van der Waals surface area contributed by atoms with Gasteiger partial charge in [0.2, 0.25) is 0 Å². The van der Waals surface area contributed by atoms with Crippen molar-refractivity contribution in [2.45, 2.75) is 52.9 Å². The molecule has 2 aromatic rings. The SMILES string of the molecule is CCC(NC(=O)c1cccc(C)c1)N1CCN(C(CC)NC(=O)c2cccc(C)c2)CC1. The van der Waals surface area contributed by atoms with Gasteiger partial charge in [-0.1, -0.05) is 49.2 Å². The number of rotatable bonds is 8. The second-order valence-corrected chi connectivity index (χ2v) is 8.61. The van der Waals surface area contributed by atoms with Crippen LogP contribution < -0.4 is 10.6 Å². The fraction of sp³-hybridized carbons (Fsp3) is 0.462. The van der Waals surface area contributed by atoms with Gasteiger partial charge in [0.15, 0.2) is 0 Å². The number of carbonyl (C=O) groups is 2. The van der Waals surface area contributed by atoms with Gasteiger partial charge in [-0.15, -0.1) is 0 Å². The molecule has 0 aromatic heterocycles. The largest absolute Gasteiger partial charge is 0.337 e. The summed E-state index contributed by atoms with van der Waals surface area (Å²) in [5.41, 5.74) is 3.56. The van der Waals surface area contributed by atoms with Crippen LogP contribution in [0.15, 0.2) is 48.5 Å². The molecule has 32 heavy (non-hydrogen) atoms. The summed E-state index contributed by atoms with van der Waals surface area (Å²) < 4.78 is 0. The van der Waals surface area contributed by atoms with Crippen molar-refractivity contribution in [2.75, 3.05) is 26.2 Å². The van der Waals surface area contributed by atoms with E-state index in [9.17, 15) is 9.59 Å². The molecule has 0 radical (unpaired) electrons. The first-order valence-corrected chi connectivity index (χ1v) is 11.6. The summed E-state index contributed by atoms with van der Waals surface area (Å²) in [6.45, 7) is 11.6. The molecule has 0 saturated carbocycles. The molecule has 2 aromatic carbocycles. The van der Waals surface area contributed by atoms with E-state index in [-0.39, 0.29) is 24.1 Å². The molecule has 2 atom stereocenters. The van der Waals surface area contributed by atoms with E-state index in [4.69, 9.17) is 0 Å². The zero-order chi connectivity index (χ0) is 23.1. The number of nitrogens with one attached hydrogen (secondary N) is 2. The average Bonchev–Trinajstić information content (AvgIpc) is 2.81. The van der Waals surface area contributed by atoms with Crippen molar-refractivity contribution < 1.29 is 9.59 Å². The summed E-state index contributed by atoms with van der Waals surface area (Å²) in [6.07, 6.45) is 1.71. The molecule has 0 spiro atoms. The lowest BCUT2D eigenvalue weighted by molar-refractivity contribution is 0.0405. The lowest BCUT2D eigenvalue weighted by Crippen LogP contribution is -2.59. The molecular weight excluding hydrogens is 400 g/mol. The molecular formula is C26H36N4O2. The Kier molecular flexibility index (Phi) is 8.42. The summed E-state index contributed by atoms with van der Waals surface area (Å²) in [4.78, 5) is 30.1. The molecule has 1 aliphatic heterocycles. The molecule has 1 fully saturated rings. The molecule has 0 bridgehead atoms. The van der Waals surface area contributed by atoms with Crippen LogP contribution in [0.1, 0.15) is 58.5 Å². The first-order chi connectivity index (χ1) is 15.4. The van der Waals surface area contributed by atoms with Crippen LogP contribution in [0.2, 0.25) is 0 Å². The number of hydrogen-bond acceptors (Lipinski definition) is 4. The van der Waals surface area contributed by atoms with Crippen molar-refractivity contribution in [2.24, 2.45) is 0 Å². The molecule has 2 unspecified atom stereocenters. The van der Waals surface area contributed by atoms with Crippen LogP contribution >= 0.6 is 0 Å². The molecule has 1 saturated heterocycles. The van der Waals surface area contributed by atoms with Crippen LogP contribution in [0.25, 0.3) is 0 Å². The van der Waals surface area contributed by atoms with Crippen molar-refractivity contribution in [1.82, 2.24) is 20.4 Å². The van der Waals surface area contributed by atoms with E-state index in [0.29, 0.717) is 11.1 Å². The maximum absolute atomic E-state index is 12.7. The highest BCUT2D eigenvalue weighted by molar-refractivity contribution is 5.95. The topological polar surface area (TPSA) is 64.7 Å². The van der Waals surface area contributed by atoms with Crippen LogP contribution in [0, 0.1) is 13.8 Å². The first kappa shape index (κ1) is 24.0. The minimum Gasteiger partial charge on any atom is -0.337 e. The van der Waals surface area contributed by atoms with E-state index in [0.717, 1.165) is 50.1 Å². The molecule has 6 nitrogen and oxygen atoms in total. The van der Waals surface area contributed by atoms with Gasteiger partial charge in [0.1, 0.15) is 0 Å². The second-order valence-electron chi connectivity index (χ2n) is 8.61. The van der Waals surface area contributed by atoms with Crippen LogP contribution in [-0.2, 0) is 0 Å². The van der Waals surface area contributed by atoms with Crippen molar-refractivity contribution in [3.05, 3.63) is 70.8 Å². The van der Waals surface area contributed by atoms with Gasteiger partial charge in [-0.2, -0.15) is 0 Å². The van der Waals surface area contributed by atoms with Gasteiger partial charge in [0.25, 0.3) is 11.8 Å². The quantitative estimate of drug-likeness (QED) is 0.664. The number of carbonyl (C=O) groups excluding carboxylic acids is 2. The highest BCUT2D eigenvalue weighted by atomic mass is 16.2. The average molecular weight is 437 g/mol. The van der Waals surface area contributed by atoms with E-state index >= 15 is 0 Å². The smallest absolute Gasteiger partial charge is 0.252 e. The summed E-state index contributed by atoms with van der Waals surface area (Å²) in [5, 5.41) is 6.39. The van der Waals surface area contributed by atoms with Crippen LogP contribution in [0.4, 0.5) is 0 Å². The Morgan fingerprint density at radius 3 is 1.44 bits per heavy atom. The Hall–Kier alpha value is -2.70. The Labute approximate surface area is 192 Å². The Balaban J connectivity index is 1.55. The van der Waals surface area contributed by atoms with Gasteiger partial charge in [0.05, 0.1) is 12.3 Å². The van der Waals surface area contributed by atoms with Gasteiger partial charge < -0.3 is 10.6 Å². The highest BCUT2D eigenvalue weighted by Gasteiger charge is 2.28. The molecule has 0 aliphatic carbocycles. The molecule has 1 aliphatic rings. The zero-order valence-electron chi connectivity index (χ0n) is 19.7. The minimum absolute atomic E-state index is 0.00660. The molecule has 172 valence electrons. The zero-order valence-corrected chi connectivity index (χ0v) is 19.7. The van der Waals surface area contributed by atoms with Crippen molar-refractivity contribution in [3.63, 3.8) is 0 Å². The van der Waals surface area contributed by atoms with Crippen molar-refractivity contribution in [3.8, 4) is 0 Å². The van der Waals surface area contributed by atoms with E-state index in [1.165, 1.54) is 0 Å². The third kappa shape index (κ3) is 6.17. The maximum Gasteiger partial charge on any atom is 0.252 e. The third-order valence-corrected chi connectivity index (χ3v) is 6.16. The lowest BCUT2D eigenvalue weighted by atomic mass is 10.1. The summed E-state index contributed by atoms with van der Waals surface area (Å²) in [6, 6.07) is 15.4. The van der Waals surface area contributed by atoms with E-state index in [1.54, 1.807) is 0 Å². The van der Waals surface area contributed by atoms with Crippen LogP contribution in [0.3, 0.4) is 0 Å². The fourth-order valence-corrected chi connectivity index (χ4v) is 4.31. The second kappa shape index (κ2) is 11.2. The predicted molar refractivity (Wildman–Crippen MR) is 129 cm³/mol. The molecule has 2 amide bonds. The first-order valence-electron chi connectivity index (χ1n) is 11.6. The van der Waals surface area contributed by atoms with Gasteiger partial charge in [-0.3, -0.25) is 19.4 Å². The van der Waals surface area contributed by atoms with Gasteiger partial charge in [0, 0.05) is 37.3 Å². The molecule has 3 rings (SSSR count). The molecule has 6 heteroatoms.